The fourth-order valence-corrected chi connectivity index (χ4v) is 1.87. The van der Waals surface area contributed by atoms with Gasteiger partial charge >= 0.3 is 0 Å². The van der Waals surface area contributed by atoms with Gasteiger partial charge in [-0.2, -0.15) is 0 Å². The molecule has 0 aromatic heterocycles. The molecule has 0 aliphatic heterocycles. The van der Waals surface area contributed by atoms with E-state index in [0.29, 0.717) is 0 Å². The summed E-state index contributed by atoms with van der Waals surface area (Å²) in [7, 11) is 0. The van der Waals surface area contributed by atoms with Crippen LogP contribution in [0.15, 0.2) is 12.2 Å². The van der Waals surface area contributed by atoms with Crippen molar-refractivity contribution in [3.8, 4) is 0 Å². The molecule has 0 bridgehead atoms. The van der Waals surface area contributed by atoms with Crippen molar-refractivity contribution in [3.63, 3.8) is 0 Å². The molecule has 1 rings (SSSR count). The van der Waals surface area contributed by atoms with E-state index in [9.17, 15) is 0 Å². The molecule has 0 saturated heterocycles. The average molecular weight is 165 g/mol. The lowest BCUT2D eigenvalue weighted by Gasteiger charge is -2.13. The van der Waals surface area contributed by atoms with Gasteiger partial charge in [0.1, 0.15) is 0 Å². The first kappa shape index (κ1) is 9.83. The van der Waals surface area contributed by atoms with Crippen molar-refractivity contribution in [1.82, 2.24) is 0 Å². The molecule has 0 heteroatoms. The van der Waals surface area contributed by atoms with Crippen LogP contribution in [0.25, 0.3) is 0 Å². The van der Waals surface area contributed by atoms with Crippen LogP contribution in [0.2, 0.25) is 0 Å². The fraction of sp³-hybridized carbons (Fsp3) is 0.750. The van der Waals surface area contributed by atoms with Crippen LogP contribution in [-0.2, 0) is 0 Å². The van der Waals surface area contributed by atoms with Gasteiger partial charge in [0.15, 0.2) is 0 Å². The highest BCUT2D eigenvalue weighted by Gasteiger charge is 2.05. The monoisotopic (exact) mass is 165 g/mol. The Bertz CT molecular complexity index is 124. The molecule has 0 saturated carbocycles. The third kappa shape index (κ3) is 3.94. The first-order valence-corrected chi connectivity index (χ1v) is 5.38. The maximum absolute atomic E-state index is 2.38. The minimum Gasteiger partial charge on any atom is -0.0885 e. The van der Waals surface area contributed by atoms with Gasteiger partial charge in [-0.15, -0.1) is 0 Å². The fourth-order valence-electron chi connectivity index (χ4n) is 1.87. The SMILES string of the molecule is C[CH]C1CC/C=C\CCCCC1. The minimum absolute atomic E-state index is 0.882. The Hall–Kier alpha value is -0.260. The van der Waals surface area contributed by atoms with E-state index in [0.717, 1.165) is 5.92 Å². The molecule has 12 heavy (non-hydrogen) atoms. The Balaban J connectivity index is 2.27. The summed E-state index contributed by atoms with van der Waals surface area (Å²) in [6, 6.07) is 0. The molecule has 0 nitrogen and oxygen atoms in total. The quantitative estimate of drug-likeness (QED) is 0.512. The van der Waals surface area contributed by atoms with Crippen molar-refractivity contribution < 1.29 is 0 Å². The lowest BCUT2D eigenvalue weighted by atomic mass is 9.92. The Morgan fingerprint density at radius 3 is 2.67 bits per heavy atom. The third-order valence-corrected chi connectivity index (χ3v) is 2.79. The molecule has 0 N–H and O–H groups in total. The summed E-state index contributed by atoms with van der Waals surface area (Å²) in [6.07, 6.45) is 16.7. The van der Waals surface area contributed by atoms with Crippen LogP contribution >= 0.6 is 0 Å². The summed E-state index contributed by atoms with van der Waals surface area (Å²) < 4.78 is 0. The van der Waals surface area contributed by atoms with Crippen LogP contribution in [0.4, 0.5) is 0 Å². The molecule has 1 unspecified atom stereocenters. The van der Waals surface area contributed by atoms with E-state index >= 15 is 0 Å². The molecule has 69 valence electrons. The van der Waals surface area contributed by atoms with Crippen molar-refractivity contribution in [3.05, 3.63) is 18.6 Å². The summed E-state index contributed by atoms with van der Waals surface area (Å²) in [5.41, 5.74) is 0. The standard InChI is InChI=1S/C12H21/c1-2-12-10-8-6-4-3-5-7-9-11-12/h2,4,6,12H,3,5,7-11H2,1H3/b6-4-. The summed E-state index contributed by atoms with van der Waals surface area (Å²) >= 11 is 0. The van der Waals surface area contributed by atoms with Gasteiger partial charge in [0, 0.05) is 0 Å². The molecule has 0 aromatic carbocycles. The lowest BCUT2D eigenvalue weighted by Crippen LogP contribution is -1.99. The molecule has 0 spiro atoms. The van der Waals surface area contributed by atoms with Gasteiger partial charge in [-0.3, -0.25) is 0 Å². The first-order valence-electron chi connectivity index (χ1n) is 5.38. The highest BCUT2D eigenvalue weighted by Crippen LogP contribution is 2.20. The van der Waals surface area contributed by atoms with E-state index in [2.05, 4.69) is 25.5 Å². The Morgan fingerprint density at radius 2 is 1.83 bits per heavy atom. The number of hydrogen-bond acceptors (Lipinski definition) is 0. The Labute approximate surface area is 77.1 Å². The van der Waals surface area contributed by atoms with Gasteiger partial charge in [-0.25, -0.2) is 0 Å². The van der Waals surface area contributed by atoms with Gasteiger partial charge in [0.05, 0.1) is 0 Å². The normalized spacial score (nSPS) is 29.6. The van der Waals surface area contributed by atoms with Crippen molar-refractivity contribution in [2.24, 2.45) is 5.92 Å². The predicted molar refractivity (Wildman–Crippen MR) is 54.9 cm³/mol. The molecule has 1 radical (unpaired) electrons. The maximum Gasteiger partial charge on any atom is -0.0348 e. The highest BCUT2D eigenvalue weighted by atomic mass is 14.1. The van der Waals surface area contributed by atoms with Crippen molar-refractivity contribution >= 4 is 0 Å². The van der Waals surface area contributed by atoms with Crippen LogP contribution in [0.5, 0.6) is 0 Å². The van der Waals surface area contributed by atoms with Crippen LogP contribution in [0.1, 0.15) is 51.9 Å². The van der Waals surface area contributed by atoms with E-state index in [1.54, 1.807) is 0 Å². The number of rotatable bonds is 1. The summed E-state index contributed by atoms with van der Waals surface area (Å²) in [4.78, 5) is 0. The van der Waals surface area contributed by atoms with E-state index in [4.69, 9.17) is 0 Å². The largest absolute Gasteiger partial charge is 0.0885 e. The van der Waals surface area contributed by atoms with E-state index < -0.39 is 0 Å². The van der Waals surface area contributed by atoms with Crippen molar-refractivity contribution in [2.45, 2.75) is 51.9 Å². The molecule has 1 aliphatic rings. The van der Waals surface area contributed by atoms with Crippen LogP contribution < -0.4 is 0 Å². The number of hydrogen-bond donors (Lipinski definition) is 0. The van der Waals surface area contributed by atoms with E-state index in [1.165, 1.54) is 44.9 Å². The first-order chi connectivity index (χ1) is 5.93. The molecule has 0 fully saturated rings. The lowest BCUT2D eigenvalue weighted by molar-refractivity contribution is 0.477. The maximum atomic E-state index is 2.38. The second kappa shape index (κ2) is 6.28. The average Bonchev–Trinajstić information content (AvgIpc) is 2.14. The molecular weight excluding hydrogens is 144 g/mol. The Kier molecular flexibility index (Phi) is 5.14. The van der Waals surface area contributed by atoms with Gasteiger partial charge in [-0.05, 0) is 38.0 Å². The van der Waals surface area contributed by atoms with Gasteiger partial charge in [-0.1, -0.05) is 38.3 Å². The zero-order chi connectivity index (χ0) is 8.65. The smallest absolute Gasteiger partial charge is 0.0348 e. The molecular formula is C12H21. The highest BCUT2D eigenvalue weighted by molar-refractivity contribution is 4.85. The van der Waals surface area contributed by atoms with E-state index in [1.807, 2.05) is 0 Å². The topological polar surface area (TPSA) is 0 Å². The minimum atomic E-state index is 0.882. The summed E-state index contributed by atoms with van der Waals surface area (Å²) in [5, 5.41) is 0. The van der Waals surface area contributed by atoms with Crippen LogP contribution in [-0.4, -0.2) is 0 Å². The van der Waals surface area contributed by atoms with Gasteiger partial charge in [0.25, 0.3) is 0 Å². The zero-order valence-corrected chi connectivity index (χ0v) is 8.26. The Morgan fingerprint density at radius 1 is 1.00 bits per heavy atom. The van der Waals surface area contributed by atoms with Crippen LogP contribution in [0, 0.1) is 12.3 Å². The number of allylic oxidation sites excluding steroid dienone is 2. The molecule has 1 aliphatic carbocycles. The summed E-state index contributed by atoms with van der Waals surface area (Å²) in [5.74, 6) is 0.882. The van der Waals surface area contributed by atoms with Crippen molar-refractivity contribution in [1.29, 1.82) is 0 Å². The van der Waals surface area contributed by atoms with Crippen LogP contribution in [0.3, 0.4) is 0 Å². The van der Waals surface area contributed by atoms with Gasteiger partial charge in [0.2, 0.25) is 0 Å². The van der Waals surface area contributed by atoms with Crippen molar-refractivity contribution in [2.75, 3.05) is 0 Å². The van der Waals surface area contributed by atoms with Gasteiger partial charge < -0.3 is 0 Å². The summed E-state index contributed by atoms with van der Waals surface area (Å²) in [6.45, 7) is 2.21. The predicted octanol–water partition coefficient (Wildman–Crippen LogP) is 4.13. The molecule has 0 aromatic rings. The molecule has 1 atom stereocenters. The third-order valence-electron chi connectivity index (χ3n) is 2.79. The second-order valence-electron chi connectivity index (χ2n) is 3.78. The van der Waals surface area contributed by atoms with E-state index in [-0.39, 0.29) is 0 Å². The second-order valence-corrected chi connectivity index (χ2v) is 3.78. The zero-order valence-electron chi connectivity index (χ0n) is 8.26. The molecule has 0 heterocycles. The molecule has 0 amide bonds.